The third-order valence-corrected chi connectivity index (χ3v) is 7.31. The molecule has 7 heteroatoms. The molecule has 0 aliphatic heterocycles. The Morgan fingerprint density at radius 1 is 0.756 bits per heavy atom. The van der Waals surface area contributed by atoms with E-state index in [0.717, 1.165) is 37.8 Å². The molecule has 0 saturated carbocycles. The summed E-state index contributed by atoms with van der Waals surface area (Å²) in [4.78, 5) is 16.9. The summed E-state index contributed by atoms with van der Waals surface area (Å²) in [5, 5.41) is 2.85. The minimum atomic E-state index is -0.419. The Labute approximate surface area is 251 Å². The van der Waals surface area contributed by atoms with Gasteiger partial charge in [0.15, 0.2) is 0 Å². The van der Waals surface area contributed by atoms with E-state index in [1.54, 1.807) is 6.20 Å². The Morgan fingerprint density at radius 2 is 1.34 bits per heavy atom. The van der Waals surface area contributed by atoms with Crippen LogP contribution in [0, 0.1) is 0 Å². The van der Waals surface area contributed by atoms with Gasteiger partial charge in [-0.3, -0.25) is 4.98 Å². The van der Waals surface area contributed by atoms with E-state index in [2.05, 4.69) is 24.1 Å². The summed E-state index contributed by atoms with van der Waals surface area (Å²) in [5.74, 6) is 0. The van der Waals surface area contributed by atoms with Gasteiger partial charge in [0.1, 0.15) is 6.10 Å². The van der Waals surface area contributed by atoms with E-state index >= 15 is 0 Å². The van der Waals surface area contributed by atoms with Gasteiger partial charge in [0, 0.05) is 12.8 Å². The van der Waals surface area contributed by atoms with E-state index in [1.807, 2.05) is 32.0 Å². The zero-order valence-corrected chi connectivity index (χ0v) is 26.9. The fourth-order valence-electron chi connectivity index (χ4n) is 4.75. The summed E-state index contributed by atoms with van der Waals surface area (Å²) in [7, 11) is 0. The number of hydrogen-bond donors (Lipinski definition) is 1. The topological polar surface area (TPSA) is 78.9 Å². The van der Waals surface area contributed by atoms with Gasteiger partial charge >= 0.3 is 6.09 Å². The SMILES string of the molecule is CCCCCCCCCC(COC(C)COCC)OCC(CCCCCCCCC)OC(=O)NCc1ccccn1. The summed E-state index contributed by atoms with van der Waals surface area (Å²) in [6, 6.07) is 5.66. The second-order valence-corrected chi connectivity index (χ2v) is 11.3. The van der Waals surface area contributed by atoms with Crippen molar-refractivity contribution in [1.82, 2.24) is 10.3 Å². The minimum Gasteiger partial charge on any atom is -0.444 e. The van der Waals surface area contributed by atoms with Crippen LogP contribution in [0.1, 0.15) is 136 Å². The van der Waals surface area contributed by atoms with Crippen LogP contribution in [-0.2, 0) is 25.5 Å². The molecule has 7 nitrogen and oxygen atoms in total. The smallest absolute Gasteiger partial charge is 0.407 e. The van der Waals surface area contributed by atoms with E-state index in [0.29, 0.717) is 33.0 Å². The predicted molar refractivity (Wildman–Crippen MR) is 168 cm³/mol. The van der Waals surface area contributed by atoms with E-state index in [9.17, 15) is 4.79 Å². The van der Waals surface area contributed by atoms with Gasteiger partial charge in [0.25, 0.3) is 0 Å². The molecule has 0 aromatic carbocycles. The van der Waals surface area contributed by atoms with Crippen molar-refractivity contribution in [3.8, 4) is 0 Å². The molecule has 1 amide bonds. The quantitative estimate of drug-likeness (QED) is 0.100. The molecule has 1 rings (SSSR count). The van der Waals surface area contributed by atoms with Gasteiger partial charge in [-0.05, 0) is 45.2 Å². The Kier molecular flexibility index (Phi) is 24.7. The number of carbonyl (C=O) groups is 1. The second kappa shape index (κ2) is 27.2. The lowest BCUT2D eigenvalue weighted by Crippen LogP contribution is -2.34. The molecule has 238 valence electrons. The van der Waals surface area contributed by atoms with E-state index in [4.69, 9.17) is 18.9 Å². The van der Waals surface area contributed by atoms with Gasteiger partial charge < -0.3 is 24.3 Å². The largest absolute Gasteiger partial charge is 0.444 e. The number of hydrogen-bond acceptors (Lipinski definition) is 6. The maximum atomic E-state index is 12.7. The summed E-state index contributed by atoms with van der Waals surface area (Å²) >= 11 is 0. The van der Waals surface area contributed by atoms with Gasteiger partial charge in [-0.15, -0.1) is 0 Å². The maximum absolute atomic E-state index is 12.7. The monoisotopic (exact) mass is 578 g/mol. The van der Waals surface area contributed by atoms with Gasteiger partial charge in [-0.2, -0.15) is 0 Å². The molecule has 0 spiro atoms. The molecule has 1 aromatic rings. The average molecular weight is 579 g/mol. The Balaban J connectivity index is 2.62. The van der Waals surface area contributed by atoms with Crippen molar-refractivity contribution < 1.29 is 23.7 Å². The fourth-order valence-corrected chi connectivity index (χ4v) is 4.75. The molecule has 0 radical (unpaired) electrons. The molecular formula is C34H62N2O5. The zero-order valence-electron chi connectivity index (χ0n) is 26.9. The van der Waals surface area contributed by atoms with Gasteiger partial charge in [-0.25, -0.2) is 4.79 Å². The van der Waals surface area contributed by atoms with Crippen LogP contribution in [0.5, 0.6) is 0 Å². The summed E-state index contributed by atoms with van der Waals surface area (Å²) in [5.41, 5.74) is 0.803. The van der Waals surface area contributed by atoms with Gasteiger partial charge in [0.2, 0.25) is 0 Å². The Morgan fingerprint density at radius 3 is 1.93 bits per heavy atom. The standard InChI is InChI=1S/C34H62N2O5/c1-5-8-10-12-14-16-18-23-32(28-39-30(4)27-38-7-3)40-29-33(24-19-17-15-13-11-9-6-2)41-34(37)36-26-31-22-20-21-25-35-31/h20-22,25,30,32-33H,5-19,23-24,26-29H2,1-4H3,(H,36,37). The van der Waals surface area contributed by atoms with E-state index < -0.39 is 6.09 Å². The molecule has 1 N–H and O–H groups in total. The van der Waals surface area contributed by atoms with Crippen molar-refractivity contribution in [3.05, 3.63) is 30.1 Å². The number of nitrogens with zero attached hydrogens (tertiary/aromatic N) is 1. The lowest BCUT2D eigenvalue weighted by atomic mass is 10.1. The third kappa shape index (κ3) is 22.6. The maximum Gasteiger partial charge on any atom is 0.407 e. The second-order valence-electron chi connectivity index (χ2n) is 11.3. The van der Waals surface area contributed by atoms with Crippen LogP contribution < -0.4 is 5.32 Å². The highest BCUT2D eigenvalue weighted by Gasteiger charge is 2.19. The van der Waals surface area contributed by atoms with Crippen LogP contribution in [-0.4, -0.2) is 55.8 Å². The summed E-state index contributed by atoms with van der Waals surface area (Å²) in [6.45, 7) is 11.1. The predicted octanol–water partition coefficient (Wildman–Crippen LogP) is 8.78. The van der Waals surface area contributed by atoms with Gasteiger partial charge in [-0.1, -0.05) is 103 Å². The molecule has 0 saturated heterocycles. The van der Waals surface area contributed by atoms with Crippen molar-refractivity contribution >= 4 is 6.09 Å². The van der Waals surface area contributed by atoms with Crippen LogP contribution in [0.2, 0.25) is 0 Å². The lowest BCUT2D eigenvalue weighted by Gasteiger charge is -2.24. The van der Waals surface area contributed by atoms with Crippen LogP contribution >= 0.6 is 0 Å². The molecule has 1 aromatic heterocycles. The van der Waals surface area contributed by atoms with Crippen LogP contribution in [0.25, 0.3) is 0 Å². The number of pyridine rings is 1. The van der Waals surface area contributed by atoms with E-state index in [-0.39, 0.29) is 18.3 Å². The van der Waals surface area contributed by atoms with Crippen LogP contribution in [0.3, 0.4) is 0 Å². The van der Waals surface area contributed by atoms with Crippen LogP contribution in [0.4, 0.5) is 4.79 Å². The highest BCUT2D eigenvalue weighted by atomic mass is 16.6. The first-order chi connectivity index (χ1) is 20.1. The molecule has 1 heterocycles. The van der Waals surface area contributed by atoms with Crippen LogP contribution in [0.15, 0.2) is 24.4 Å². The number of unbranched alkanes of at least 4 members (excludes halogenated alkanes) is 12. The molecule has 3 atom stereocenters. The zero-order chi connectivity index (χ0) is 29.8. The first-order valence-electron chi connectivity index (χ1n) is 16.7. The fraction of sp³-hybridized carbons (Fsp3) is 0.824. The molecular weight excluding hydrogens is 516 g/mol. The first-order valence-corrected chi connectivity index (χ1v) is 16.7. The van der Waals surface area contributed by atoms with Crippen molar-refractivity contribution in [2.45, 2.75) is 155 Å². The van der Waals surface area contributed by atoms with Crippen molar-refractivity contribution in [2.24, 2.45) is 0 Å². The molecule has 0 aliphatic rings. The number of alkyl carbamates (subject to hydrolysis) is 1. The summed E-state index contributed by atoms with van der Waals surface area (Å²) < 4.78 is 23.9. The number of aromatic nitrogens is 1. The third-order valence-electron chi connectivity index (χ3n) is 7.31. The number of rotatable bonds is 28. The number of nitrogens with one attached hydrogen (secondary N) is 1. The molecule has 0 aliphatic carbocycles. The normalized spacial score (nSPS) is 13.6. The van der Waals surface area contributed by atoms with E-state index in [1.165, 1.54) is 70.6 Å². The highest BCUT2D eigenvalue weighted by molar-refractivity contribution is 5.67. The molecule has 41 heavy (non-hydrogen) atoms. The Hall–Kier alpha value is -1.70. The minimum absolute atomic E-state index is 0.0206. The molecule has 3 unspecified atom stereocenters. The average Bonchev–Trinajstić information content (AvgIpc) is 2.99. The number of ether oxygens (including phenoxy) is 4. The van der Waals surface area contributed by atoms with Gasteiger partial charge in [0.05, 0.1) is 44.3 Å². The lowest BCUT2D eigenvalue weighted by molar-refractivity contribution is -0.0823. The summed E-state index contributed by atoms with van der Waals surface area (Å²) in [6.07, 6.45) is 20.2. The molecule has 0 fully saturated rings. The number of amides is 1. The number of carbonyl (C=O) groups excluding carboxylic acids is 1. The van der Waals surface area contributed by atoms with Crippen molar-refractivity contribution in [1.29, 1.82) is 0 Å². The molecule has 0 bridgehead atoms. The van der Waals surface area contributed by atoms with Crippen molar-refractivity contribution in [2.75, 3.05) is 26.4 Å². The highest BCUT2D eigenvalue weighted by Crippen LogP contribution is 2.16. The first kappa shape index (κ1) is 37.3. The van der Waals surface area contributed by atoms with Crippen molar-refractivity contribution in [3.63, 3.8) is 0 Å². The Bertz CT molecular complexity index is 706.